The van der Waals surface area contributed by atoms with Crippen molar-refractivity contribution in [2.24, 2.45) is 0 Å². The summed E-state index contributed by atoms with van der Waals surface area (Å²) in [6.07, 6.45) is 2.39. The number of carbonyl (C=O) groups excluding carboxylic acids is 3. The molecule has 0 saturated carbocycles. The monoisotopic (exact) mass is 598 g/mol. The summed E-state index contributed by atoms with van der Waals surface area (Å²) < 4.78 is 4.80. The van der Waals surface area contributed by atoms with Crippen LogP contribution in [0.5, 0.6) is 0 Å². The molecule has 0 spiro atoms. The minimum atomic E-state index is -1.21. The summed E-state index contributed by atoms with van der Waals surface area (Å²) in [6, 6.07) is 15.9. The molecule has 214 valence electrons. The predicted molar refractivity (Wildman–Crippen MR) is 155 cm³/mol. The average molecular weight is 599 g/mol. The number of aryl methyl sites for hydroxylation is 1. The number of nitrogens with zero attached hydrogens (tertiary/aromatic N) is 1. The first-order valence-corrected chi connectivity index (χ1v) is 13.6. The average Bonchev–Trinajstić information content (AvgIpc) is 2.97. The van der Waals surface area contributed by atoms with Crippen LogP contribution < -0.4 is 16.0 Å². The van der Waals surface area contributed by atoms with Gasteiger partial charge in [0.05, 0.1) is 34.2 Å². The molecule has 12 heteroatoms. The second-order valence-electron chi connectivity index (χ2n) is 9.50. The fourth-order valence-electron chi connectivity index (χ4n) is 4.76. The molecule has 0 heterocycles. The lowest BCUT2D eigenvalue weighted by Crippen LogP contribution is -2.50. The van der Waals surface area contributed by atoms with E-state index in [9.17, 15) is 24.5 Å². The van der Waals surface area contributed by atoms with Gasteiger partial charge in [-0.15, -0.1) is 0 Å². The minimum Gasteiger partial charge on any atom is -0.467 e. The number of amides is 2. The van der Waals surface area contributed by atoms with Crippen LogP contribution in [0.3, 0.4) is 0 Å². The third-order valence-electron chi connectivity index (χ3n) is 6.83. The molecule has 2 atom stereocenters. The molecule has 0 unspecified atom stereocenters. The number of benzene rings is 3. The van der Waals surface area contributed by atoms with Crippen LogP contribution in [0.15, 0.2) is 60.7 Å². The smallest absolute Gasteiger partial charge is 0.330 e. The van der Waals surface area contributed by atoms with Gasteiger partial charge in [0.15, 0.2) is 0 Å². The summed E-state index contributed by atoms with van der Waals surface area (Å²) in [5, 5.41) is 19.7. The first-order valence-electron chi connectivity index (χ1n) is 12.9. The summed E-state index contributed by atoms with van der Waals surface area (Å²) >= 11 is 12.8. The topological polar surface area (TPSA) is 140 Å². The van der Waals surface area contributed by atoms with Gasteiger partial charge < -0.3 is 20.7 Å². The van der Waals surface area contributed by atoms with Crippen LogP contribution >= 0.6 is 23.2 Å². The van der Waals surface area contributed by atoms with E-state index < -0.39 is 28.7 Å². The Morgan fingerprint density at radius 2 is 1.76 bits per heavy atom. The third-order valence-corrected chi connectivity index (χ3v) is 7.43. The number of carbonyl (C=O) groups is 3. The van der Waals surface area contributed by atoms with Crippen molar-refractivity contribution in [3.63, 3.8) is 0 Å². The van der Waals surface area contributed by atoms with Crippen molar-refractivity contribution in [2.45, 2.75) is 31.3 Å². The summed E-state index contributed by atoms with van der Waals surface area (Å²) in [5.74, 6) is -1.91. The van der Waals surface area contributed by atoms with Gasteiger partial charge in [0.25, 0.3) is 11.6 Å². The highest BCUT2D eigenvalue weighted by Gasteiger charge is 2.27. The maximum absolute atomic E-state index is 13.1. The molecule has 4 rings (SSSR count). The van der Waals surface area contributed by atoms with Gasteiger partial charge in [-0.3, -0.25) is 19.7 Å². The van der Waals surface area contributed by atoms with Crippen molar-refractivity contribution in [1.29, 1.82) is 0 Å². The zero-order valence-electron chi connectivity index (χ0n) is 22.1. The fraction of sp³-hybridized carbons (Fsp3) is 0.276. The highest BCUT2D eigenvalue weighted by atomic mass is 35.5. The highest BCUT2D eigenvalue weighted by Crippen LogP contribution is 2.33. The van der Waals surface area contributed by atoms with Crippen molar-refractivity contribution in [2.75, 3.05) is 20.2 Å². The number of methoxy groups -OCH3 is 1. The molecule has 41 heavy (non-hydrogen) atoms. The Labute approximate surface area is 246 Å². The van der Waals surface area contributed by atoms with E-state index in [0.717, 1.165) is 35.1 Å². The van der Waals surface area contributed by atoms with Crippen LogP contribution in [0.25, 0.3) is 11.1 Å². The summed E-state index contributed by atoms with van der Waals surface area (Å²) in [7, 11) is 1.17. The molecule has 0 bridgehead atoms. The van der Waals surface area contributed by atoms with Crippen molar-refractivity contribution in [3.05, 3.63) is 97.5 Å². The van der Waals surface area contributed by atoms with Crippen LogP contribution in [0.1, 0.15) is 40.4 Å². The maximum atomic E-state index is 13.1. The highest BCUT2D eigenvalue weighted by molar-refractivity contribution is 6.40. The number of hydrogen-bond donors (Lipinski definition) is 3. The van der Waals surface area contributed by atoms with Gasteiger partial charge in [0, 0.05) is 24.7 Å². The molecule has 1 aliphatic rings. The molecule has 0 radical (unpaired) electrons. The number of non-ortho nitro benzene ring substituents is 1. The first kappa shape index (κ1) is 30.0. The van der Waals surface area contributed by atoms with Gasteiger partial charge in [-0.25, -0.2) is 4.79 Å². The predicted octanol–water partition coefficient (Wildman–Crippen LogP) is 4.62. The Balaban J connectivity index is 1.38. The van der Waals surface area contributed by atoms with Gasteiger partial charge in [0.2, 0.25) is 5.91 Å². The van der Waals surface area contributed by atoms with E-state index in [1.807, 2.05) is 30.3 Å². The molecule has 0 aromatic heterocycles. The second kappa shape index (κ2) is 13.6. The van der Waals surface area contributed by atoms with Crippen molar-refractivity contribution in [1.82, 2.24) is 16.0 Å². The van der Waals surface area contributed by atoms with Crippen LogP contribution in [0, 0.1) is 10.1 Å². The maximum Gasteiger partial charge on any atom is 0.330 e. The zero-order chi connectivity index (χ0) is 29.5. The Kier molecular flexibility index (Phi) is 9.93. The Morgan fingerprint density at radius 3 is 2.41 bits per heavy atom. The number of ether oxygens (including phenoxy) is 1. The largest absolute Gasteiger partial charge is 0.467 e. The van der Waals surface area contributed by atoms with E-state index in [1.165, 1.54) is 19.2 Å². The van der Waals surface area contributed by atoms with Gasteiger partial charge >= 0.3 is 5.97 Å². The van der Waals surface area contributed by atoms with E-state index in [0.29, 0.717) is 6.42 Å². The van der Waals surface area contributed by atoms with E-state index in [4.69, 9.17) is 27.9 Å². The number of esters is 1. The Morgan fingerprint density at radius 1 is 1.05 bits per heavy atom. The van der Waals surface area contributed by atoms with Crippen LogP contribution in [0.4, 0.5) is 5.69 Å². The number of halogens is 2. The van der Waals surface area contributed by atoms with E-state index >= 15 is 0 Å². The molecule has 0 aliphatic heterocycles. The second-order valence-corrected chi connectivity index (χ2v) is 10.3. The molecule has 0 fully saturated rings. The SMILES string of the molecule is COC(=O)[C@H](CNC(=O)CN[C@H]1CCCc2ccc([N+](=O)[O-])cc21)NC(=O)c1c(Cl)cc(-c2ccccc2)cc1Cl. The molecular weight excluding hydrogens is 571 g/mol. The molecule has 3 aromatic carbocycles. The summed E-state index contributed by atoms with van der Waals surface area (Å²) in [6.45, 7) is -0.351. The lowest BCUT2D eigenvalue weighted by atomic mass is 9.87. The van der Waals surface area contributed by atoms with Crippen LogP contribution in [-0.4, -0.2) is 48.9 Å². The normalized spacial score (nSPS) is 14.9. The van der Waals surface area contributed by atoms with E-state index in [1.54, 1.807) is 18.2 Å². The van der Waals surface area contributed by atoms with Gasteiger partial charge in [-0.05, 0) is 53.6 Å². The zero-order valence-corrected chi connectivity index (χ0v) is 23.6. The van der Waals surface area contributed by atoms with Gasteiger partial charge in [0.1, 0.15) is 6.04 Å². The molecule has 3 aromatic rings. The Hall–Kier alpha value is -3.99. The lowest BCUT2D eigenvalue weighted by Gasteiger charge is -2.26. The molecule has 1 aliphatic carbocycles. The quantitative estimate of drug-likeness (QED) is 0.176. The number of rotatable bonds is 10. The van der Waals surface area contributed by atoms with Gasteiger partial charge in [-0.1, -0.05) is 59.6 Å². The summed E-state index contributed by atoms with van der Waals surface area (Å²) in [4.78, 5) is 48.9. The molecule has 3 N–H and O–H groups in total. The standard InChI is InChI=1S/C29H28Cl2N4O6/c1-41-29(38)25(34-28(37)27-22(30)12-19(13-23(27)31)17-6-3-2-4-7-17)15-33-26(36)16-32-24-9-5-8-18-10-11-20(35(39)40)14-21(18)24/h2-4,6-7,10-14,24-25,32H,5,8-9,15-16H2,1H3,(H,33,36)(H,34,37)/t24-,25-/m0/s1. The number of nitro groups is 1. The van der Waals surface area contributed by atoms with E-state index in [2.05, 4.69) is 16.0 Å². The van der Waals surface area contributed by atoms with Crippen molar-refractivity contribution >= 4 is 46.7 Å². The molecular formula is C29H28Cl2N4O6. The molecule has 2 amide bonds. The third kappa shape index (κ3) is 7.40. The molecule has 0 saturated heterocycles. The van der Waals surface area contributed by atoms with E-state index in [-0.39, 0.29) is 40.4 Å². The Bertz CT molecular complexity index is 1440. The van der Waals surface area contributed by atoms with Crippen LogP contribution in [0.2, 0.25) is 10.0 Å². The van der Waals surface area contributed by atoms with Crippen molar-refractivity contribution < 1.29 is 24.0 Å². The first-order chi connectivity index (χ1) is 19.7. The van der Waals surface area contributed by atoms with Crippen molar-refractivity contribution in [3.8, 4) is 11.1 Å². The summed E-state index contributed by atoms with van der Waals surface area (Å²) in [5.41, 5.74) is 3.36. The lowest BCUT2D eigenvalue weighted by molar-refractivity contribution is -0.385. The van der Waals surface area contributed by atoms with Crippen LogP contribution in [-0.2, 0) is 20.7 Å². The number of fused-ring (bicyclic) bond motifs is 1. The molecule has 10 nitrogen and oxygen atoms in total. The number of nitro benzene ring substituents is 1. The number of nitrogens with one attached hydrogen (secondary N) is 3. The number of hydrogen-bond acceptors (Lipinski definition) is 7. The minimum absolute atomic E-state index is 0.00604. The van der Waals surface area contributed by atoms with Gasteiger partial charge in [-0.2, -0.15) is 0 Å². The fourth-order valence-corrected chi connectivity index (χ4v) is 5.42.